The van der Waals surface area contributed by atoms with E-state index in [0.29, 0.717) is 29.7 Å². The van der Waals surface area contributed by atoms with Crippen LogP contribution in [0.3, 0.4) is 0 Å². The maximum Gasteiger partial charge on any atom is 0.201 e. The largest absolute Gasteiger partial charge is 0.486 e. The van der Waals surface area contributed by atoms with E-state index in [1.54, 1.807) is 36.4 Å². The van der Waals surface area contributed by atoms with Crippen molar-refractivity contribution >= 4 is 0 Å². The molecule has 0 aliphatic carbocycles. The van der Waals surface area contributed by atoms with Crippen LogP contribution in [-0.4, -0.2) is 24.4 Å². The van der Waals surface area contributed by atoms with Gasteiger partial charge in [0.15, 0.2) is 11.6 Å². The lowest BCUT2D eigenvalue weighted by atomic mass is 9.88. The molecule has 0 bridgehead atoms. The van der Waals surface area contributed by atoms with E-state index < -0.39 is 11.6 Å². The summed E-state index contributed by atoms with van der Waals surface area (Å²) in [6.45, 7) is 4.79. The number of allylic oxidation sites excluding steroid dienone is 1. The molecule has 4 rings (SSSR count). The zero-order valence-corrected chi connectivity index (χ0v) is 25.5. The average molecular weight is 595 g/mol. The third-order valence-electron chi connectivity index (χ3n) is 8.37. The van der Waals surface area contributed by atoms with E-state index >= 15 is 4.39 Å². The fourth-order valence-electron chi connectivity index (χ4n) is 5.74. The second-order valence-electron chi connectivity index (χ2n) is 11.5. The van der Waals surface area contributed by atoms with Crippen LogP contribution in [0.25, 0.3) is 22.3 Å². The second kappa shape index (κ2) is 16.7. The second-order valence-corrected chi connectivity index (χ2v) is 11.5. The summed E-state index contributed by atoms with van der Waals surface area (Å²) in [7, 11) is 0. The molecule has 0 saturated carbocycles. The number of hydrogen-bond donors (Lipinski definition) is 1. The zero-order valence-electron chi connectivity index (χ0n) is 25.5. The SMILES string of the molecule is CC/C=C/COc1ccc(-c2ccc(-c3ccc(C4CCC(C(O)CCCCCCCC)CO4)c(F)c3)cc2)c(F)c1F. The Kier molecular flexibility index (Phi) is 12.7. The molecule has 3 unspecified atom stereocenters. The highest BCUT2D eigenvalue weighted by Crippen LogP contribution is 2.36. The molecule has 3 atom stereocenters. The van der Waals surface area contributed by atoms with Gasteiger partial charge < -0.3 is 14.6 Å². The maximum absolute atomic E-state index is 15.2. The number of aliphatic hydroxyl groups excluding tert-OH is 1. The van der Waals surface area contributed by atoms with Crippen molar-refractivity contribution in [1.82, 2.24) is 0 Å². The lowest BCUT2D eigenvalue weighted by molar-refractivity contribution is -0.0593. The Hall–Kier alpha value is -3.09. The molecule has 3 aromatic rings. The Balaban J connectivity index is 1.33. The van der Waals surface area contributed by atoms with Crippen molar-refractivity contribution < 1.29 is 27.8 Å². The minimum Gasteiger partial charge on any atom is -0.486 e. The first-order chi connectivity index (χ1) is 20.9. The highest BCUT2D eigenvalue weighted by Gasteiger charge is 2.29. The summed E-state index contributed by atoms with van der Waals surface area (Å²) in [5.74, 6) is -2.36. The first-order valence-electron chi connectivity index (χ1n) is 15.9. The summed E-state index contributed by atoms with van der Waals surface area (Å²) in [5.41, 5.74) is 2.62. The van der Waals surface area contributed by atoms with Crippen molar-refractivity contribution in [3.8, 4) is 28.0 Å². The van der Waals surface area contributed by atoms with Gasteiger partial charge in [0.2, 0.25) is 5.82 Å². The fourth-order valence-corrected chi connectivity index (χ4v) is 5.74. The van der Waals surface area contributed by atoms with Crippen molar-refractivity contribution in [2.24, 2.45) is 5.92 Å². The maximum atomic E-state index is 15.2. The zero-order chi connectivity index (χ0) is 30.6. The molecule has 1 fully saturated rings. The predicted octanol–water partition coefficient (Wildman–Crippen LogP) is 10.4. The number of rotatable bonds is 15. The Bertz CT molecular complexity index is 1310. The van der Waals surface area contributed by atoms with Crippen LogP contribution in [0, 0.1) is 23.4 Å². The van der Waals surface area contributed by atoms with E-state index in [9.17, 15) is 13.9 Å². The first-order valence-corrected chi connectivity index (χ1v) is 15.9. The monoisotopic (exact) mass is 594 g/mol. The van der Waals surface area contributed by atoms with Crippen LogP contribution in [0.1, 0.15) is 89.7 Å². The minimum atomic E-state index is -1.02. The molecule has 3 nitrogen and oxygen atoms in total. The van der Waals surface area contributed by atoms with Crippen LogP contribution in [-0.2, 0) is 4.74 Å². The quantitative estimate of drug-likeness (QED) is 0.141. The van der Waals surface area contributed by atoms with E-state index in [0.717, 1.165) is 37.7 Å². The molecule has 0 aromatic heterocycles. The fraction of sp³-hybridized carbons (Fsp3) is 0.459. The molecule has 1 N–H and O–H groups in total. The Morgan fingerprint density at radius 1 is 0.837 bits per heavy atom. The van der Waals surface area contributed by atoms with Crippen molar-refractivity contribution in [1.29, 1.82) is 0 Å². The van der Waals surface area contributed by atoms with Crippen LogP contribution in [0.5, 0.6) is 5.75 Å². The predicted molar refractivity (Wildman–Crippen MR) is 168 cm³/mol. The summed E-state index contributed by atoms with van der Waals surface area (Å²) in [6, 6.07) is 15.0. The van der Waals surface area contributed by atoms with Gasteiger partial charge in [0.05, 0.1) is 18.8 Å². The van der Waals surface area contributed by atoms with Crippen molar-refractivity contribution in [2.75, 3.05) is 13.2 Å². The van der Waals surface area contributed by atoms with Crippen molar-refractivity contribution in [3.05, 3.63) is 89.8 Å². The number of aliphatic hydroxyl groups is 1. The molecule has 0 spiro atoms. The Morgan fingerprint density at radius 3 is 2.26 bits per heavy atom. The number of benzene rings is 3. The molecule has 1 aliphatic heterocycles. The Morgan fingerprint density at radius 2 is 1.56 bits per heavy atom. The molecular formula is C37H45F3O3. The van der Waals surface area contributed by atoms with Crippen LogP contribution in [0.2, 0.25) is 0 Å². The van der Waals surface area contributed by atoms with Gasteiger partial charge in [-0.1, -0.05) is 101 Å². The van der Waals surface area contributed by atoms with E-state index in [1.165, 1.54) is 43.9 Å². The third-order valence-corrected chi connectivity index (χ3v) is 8.37. The molecule has 6 heteroatoms. The van der Waals surface area contributed by atoms with Crippen LogP contribution in [0.15, 0.2) is 66.7 Å². The molecule has 1 aliphatic rings. The van der Waals surface area contributed by atoms with Gasteiger partial charge in [-0.25, -0.2) is 8.78 Å². The molecule has 0 amide bonds. The minimum absolute atomic E-state index is 0.0951. The molecule has 43 heavy (non-hydrogen) atoms. The highest BCUT2D eigenvalue weighted by molar-refractivity contribution is 5.71. The van der Waals surface area contributed by atoms with E-state index in [-0.39, 0.29) is 41.9 Å². The number of halogens is 3. The topological polar surface area (TPSA) is 38.7 Å². The van der Waals surface area contributed by atoms with Gasteiger partial charge in [0.25, 0.3) is 0 Å². The summed E-state index contributed by atoms with van der Waals surface area (Å²) >= 11 is 0. The van der Waals surface area contributed by atoms with Gasteiger partial charge in [-0.3, -0.25) is 0 Å². The number of ether oxygens (including phenoxy) is 2. The molecular weight excluding hydrogens is 549 g/mol. The normalized spacial score (nSPS) is 17.8. The van der Waals surface area contributed by atoms with Crippen LogP contribution >= 0.6 is 0 Å². The van der Waals surface area contributed by atoms with Gasteiger partial charge >= 0.3 is 0 Å². The van der Waals surface area contributed by atoms with Crippen LogP contribution in [0.4, 0.5) is 13.2 Å². The standard InChI is InChI=1S/C37H45F3O3/c1-3-5-7-8-9-10-12-33(41)29-18-21-34(43-25-29)31-19-17-28(24-32(31)38)26-13-15-27(16-14-26)30-20-22-35(37(40)36(30)39)42-23-11-6-4-2/h6,11,13-17,19-20,22,24,29,33-34,41H,3-5,7-10,12,18,21,23,25H2,1-2H3/b11-6+. The highest BCUT2D eigenvalue weighted by atomic mass is 19.2. The first kappa shape index (κ1) is 32.8. The summed E-state index contributed by atoms with van der Waals surface area (Å²) in [4.78, 5) is 0. The summed E-state index contributed by atoms with van der Waals surface area (Å²) in [6.07, 6.45) is 13.3. The van der Waals surface area contributed by atoms with Crippen molar-refractivity contribution in [3.63, 3.8) is 0 Å². The molecule has 1 heterocycles. The van der Waals surface area contributed by atoms with E-state index in [4.69, 9.17) is 9.47 Å². The number of hydrogen-bond acceptors (Lipinski definition) is 3. The Labute approximate surface area is 254 Å². The van der Waals surface area contributed by atoms with E-state index in [1.807, 2.05) is 19.1 Å². The molecule has 3 aromatic carbocycles. The molecule has 1 saturated heterocycles. The van der Waals surface area contributed by atoms with Gasteiger partial charge in [-0.15, -0.1) is 0 Å². The van der Waals surface area contributed by atoms with Gasteiger partial charge in [0.1, 0.15) is 12.4 Å². The van der Waals surface area contributed by atoms with Crippen LogP contribution < -0.4 is 4.74 Å². The van der Waals surface area contributed by atoms with Gasteiger partial charge in [-0.05, 0) is 60.6 Å². The lowest BCUT2D eigenvalue weighted by Crippen LogP contribution is -2.30. The van der Waals surface area contributed by atoms with Gasteiger partial charge in [-0.2, -0.15) is 4.39 Å². The molecule has 0 radical (unpaired) electrons. The number of unbranched alkanes of at least 4 members (excludes halogenated alkanes) is 5. The summed E-state index contributed by atoms with van der Waals surface area (Å²) < 4.78 is 56.1. The molecule has 232 valence electrons. The van der Waals surface area contributed by atoms with Crippen molar-refractivity contribution in [2.45, 2.75) is 90.3 Å². The smallest absolute Gasteiger partial charge is 0.201 e. The van der Waals surface area contributed by atoms with Gasteiger partial charge in [0, 0.05) is 17.0 Å². The lowest BCUT2D eigenvalue weighted by Gasteiger charge is -2.32. The third kappa shape index (κ3) is 8.96. The summed E-state index contributed by atoms with van der Waals surface area (Å²) in [5, 5.41) is 10.6. The van der Waals surface area contributed by atoms with E-state index in [2.05, 4.69) is 6.92 Å². The average Bonchev–Trinajstić information content (AvgIpc) is 3.03.